The molecular weight excluding hydrogens is 266 g/mol. The minimum atomic E-state index is -0.945. The molecule has 1 aliphatic rings. The van der Waals surface area contributed by atoms with E-state index in [9.17, 15) is 9.90 Å². The molecule has 0 amide bonds. The van der Waals surface area contributed by atoms with Crippen LogP contribution < -0.4 is 4.90 Å². The van der Waals surface area contributed by atoms with Crippen molar-refractivity contribution in [2.75, 3.05) is 25.2 Å². The molecule has 0 saturated carbocycles. The van der Waals surface area contributed by atoms with Crippen LogP contribution in [0, 0.1) is 0 Å². The van der Waals surface area contributed by atoms with Crippen molar-refractivity contribution in [1.82, 2.24) is 9.38 Å². The van der Waals surface area contributed by atoms with Crippen LogP contribution in [0.1, 0.15) is 23.3 Å². The summed E-state index contributed by atoms with van der Waals surface area (Å²) in [6.45, 7) is 1.44. The van der Waals surface area contributed by atoms with E-state index in [1.165, 1.54) is 11.3 Å². The van der Waals surface area contributed by atoms with Gasteiger partial charge in [-0.1, -0.05) is 0 Å². The predicted molar refractivity (Wildman–Crippen MR) is 72.3 cm³/mol. The van der Waals surface area contributed by atoms with E-state index in [0.717, 1.165) is 26.1 Å². The topological polar surface area (TPSA) is 67.1 Å². The van der Waals surface area contributed by atoms with Crippen LogP contribution in [0.3, 0.4) is 0 Å². The van der Waals surface area contributed by atoms with Gasteiger partial charge in [0.1, 0.15) is 0 Å². The average molecular weight is 281 g/mol. The summed E-state index contributed by atoms with van der Waals surface area (Å²) < 4.78 is 6.98. The molecule has 0 aliphatic carbocycles. The summed E-state index contributed by atoms with van der Waals surface area (Å²) in [5.74, 6) is -0.397. The molecule has 102 valence electrons. The van der Waals surface area contributed by atoms with Crippen LogP contribution in [0.15, 0.2) is 11.6 Å². The first-order valence-electron chi connectivity index (χ1n) is 6.18. The van der Waals surface area contributed by atoms with Gasteiger partial charge in [0.2, 0.25) is 0 Å². The van der Waals surface area contributed by atoms with Crippen LogP contribution in [0.2, 0.25) is 0 Å². The largest absolute Gasteiger partial charge is 0.476 e. The third-order valence-corrected chi connectivity index (χ3v) is 4.28. The zero-order valence-electron chi connectivity index (χ0n) is 10.6. The normalized spacial score (nSPS) is 16.9. The molecule has 0 aromatic carbocycles. The molecule has 0 radical (unpaired) electrons. The van der Waals surface area contributed by atoms with Crippen molar-refractivity contribution >= 4 is 28.1 Å². The second kappa shape index (κ2) is 4.82. The van der Waals surface area contributed by atoms with Crippen molar-refractivity contribution < 1.29 is 14.6 Å². The Balaban J connectivity index is 2.00. The van der Waals surface area contributed by atoms with Crippen LogP contribution in [0.4, 0.5) is 5.82 Å². The highest BCUT2D eigenvalue weighted by Crippen LogP contribution is 2.27. The zero-order chi connectivity index (χ0) is 13.4. The van der Waals surface area contributed by atoms with Gasteiger partial charge in [-0.2, -0.15) is 0 Å². The Labute approximate surface area is 114 Å². The third-order valence-electron chi connectivity index (χ3n) is 3.52. The van der Waals surface area contributed by atoms with E-state index in [0.29, 0.717) is 10.8 Å². The number of anilines is 1. The summed E-state index contributed by atoms with van der Waals surface area (Å²) >= 11 is 1.44. The van der Waals surface area contributed by atoms with Gasteiger partial charge in [-0.3, -0.25) is 4.40 Å². The van der Waals surface area contributed by atoms with Gasteiger partial charge in [-0.05, 0) is 12.8 Å². The maximum atomic E-state index is 11.5. The molecule has 1 saturated heterocycles. The fraction of sp³-hybridized carbons (Fsp3) is 0.500. The zero-order valence-corrected chi connectivity index (χ0v) is 11.4. The van der Waals surface area contributed by atoms with Crippen molar-refractivity contribution in [3.63, 3.8) is 0 Å². The molecule has 1 fully saturated rings. The second-order valence-corrected chi connectivity index (χ2v) is 5.47. The number of carbonyl (C=O) groups is 1. The molecule has 3 rings (SSSR count). The second-order valence-electron chi connectivity index (χ2n) is 4.60. The number of imidazole rings is 1. The Morgan fingerprint density at radius 2 is 2.32 bits per heavy atom. The first kappa shape index (κ1) is 12.4. The SMILES string of the molecule is CN(c1nc2sccn2c1C(=O)O)C1CCOCC1. The minimum absolute atomic E-state index is 0.241. The average Bonchev–Trinajstić information content (AvgIpc) is 2.98. The Morgan fingerprint density at radius 1 is 1.58 bits per heavy atom. The lowest BCUT2D eigenvalue weighted by atomic mass is 10.1. The Hall–Kier alpha value is -1.60. The highest BCUT2D eigenvalue weighted by Gasteiger charge is 2.27. The Kier molecular flexibility index (Phi) is 3.16. The van der Waals surface area contributed by atoms with Gasteiger partial charge < -0.3 is 14.7 Å². The number of aromatic nitrogens is 2. The number of carboxylic acid groups (broad SMARTS) is 1. The van der Waals surface area contributed by atoms with Crippen molar-refractivity contribution in [1.29, 1.82) is 0 Å². The highest BCUT2D eigenvalue weighted by molar-refractivity contribution is 7.15. The summed E-state index contributed by atoms with van der Waals surface area (Å²) in [4.78, 5) is 18.6. The van der Waals surface area contributed by atoms with Gasteiger partial charge in [-0.15, -0.1) is 11.3 Å². The van der Waals surface area contributed by atoms with Gasteiger partial charge in [0.25, 0.3) is 0 Å². The lowest BCUT2D eigenvalue weighted by molar-refractivity contribution is 0.0689. The van der Waals surface area contributed by atoms with Crippen LogP contribution in [0.25, 0.3) is 4.96 Å². The molecular formula is C12H15N3O3S. The number of carboxylic acids is 1. The lowest BCUT2D eigenvalue weighted by Crippen LogP contribution is -2.37. The first-order valence-corrected chi connectivity index (χ1v) is 7.06. The smallest absolute Gasteiger partial charge is 0.356 e. The lowest BCUT2D eigenvalue weighted by Gasteiger charge is -2.31. The molecule has 7 heteroatoms. The predicted octanol–water partition coefficient (Wildman–Crippen LogP) is 1.71. The standard InChI is InChI=1S/C12H15N3O3S/c1-14(8-2-5-18-6-3-8)10-9(11(16)17)15-4-7-19-12(15)13-10/h4,7-8H,2-3,5-6H2,1H3,(H,16,17). The van der Waals surface area contributed by atoms with Crippen molar-refractivity contribution in [2.24, 2.45) is 0 Å². The quantitative estimate of drug-likeness (QED) is 0.927. The molecule has 0 bridgehead atoms. The van der Waals surface area contributed by atoms with Crippen molar-refractivity contribution in [3.8, 4) is 0 Å². The van der Waals surface area contributed by atoms with Crippen molar-refractivity contribution in [2.45, 2.75) is 18.9 Å². The van der Waals surface area contributed by atoms with Gasteiger partial charge in [0.15, 0.2) is 16.5 Å². The van der Waals surface area contributed by atoms with Gasteiger partial charge in [-0.25, -0.2) is 9.78 Å². The molecule has 0 spiro atoms. The first-order chi connectivity index (χ1) is 9.18. The van der Waals surface area contributed by atoms with E-state index in [1.54, 1.807) is 10.6 Å². The Morgan fingerprint density at radius 3 is 3.00 bits per heavy atom. The summed E-state index contributed by atoms with van der Waals surface area (Å²) in [6, 6.07) is 0.288. The molecule has 0 atom stereocenters. The number of hydrogen-bond donors (Lipinski definition) is 1. The number of aromatic carboxylic acids is 1. The third kappa shape index (κ3) is 2.08. The van der Waals surface area contributed by atoms with Crippen LogP contribution >= 0.6 is 11.3 Å². The summed E-state index contributed by atoms with van der Waals surface area (Å²) in [7, 11) is 1.91. The number of nitrogens with zero attached hydrogens (tertiary/aromatic N) is 3. The molecule has 2 aromatic rings. The molecule has 6 nitrogen and oxygen atoms in total. The Bertz CT molecular complexity index is 600. The molecule has 3 heterocycles. The summed E-state index contributed by atoms with van der Waals surface area (Å²) in [5, 5.41) is 11.3. The minimum Gasteiger partial charge on any atom is -0.476 e. The van der Waals surface area contributed by atoms with Gasteiger partial charge >= 0.3 is 5.97 Å². The molecule has 0 unspecified atom stereocenters. The fourth-order valence-corrected chi connectivity index (χ4v) is 3.17. The van der Waals surface area contributed by atoms with E-state index in [4.69, 9.17) is 4.74 Å². The maximum Gasteiger partial charge on any atom is 0.356 e. The van der Waals surface area contributed by atoms with E-state index in [-0.39, 0.29) is 11.7 Å². The molecule has 1 N–H and O–H groups in total. The molecule has 2 aromatic heterocycles. The fourth-order valence-electron chi connectivity index (χ4n) is 2.46. The van der Waals surface area contributed by atoms with Crippen molar-refractivity contribution in [3.05, 3.63) is 17.3 Å². The number of thiazole rings is 1. The summed E-state index contributed by atoms with van der Waals surface area (Å²) in [6.07, 6.45) is 3.55. The highest BCUT2D eigenvalue weighted by atomic mass is 32.1. The van der Waals surface area contributed by atoms with Gasteiger partial charge in [0.05, 0.1) is 0 Å². The molecule has 1 aliphatic heterocycles. The number of ether oxygens (including phenoxy) is 1. The number of fused-ring (bicyclic) bond motifs is 1. The maximum absolute atomic E-state index is 11.5. The van der Waals surface area contributed by atoms with E-state index in [2.05, 4.69) is 4.98 Å². The van der Waals surface area contributed by atoms with Crippen LogP contribution in [-0.2, 0) is 4.74 Å². The number of rotatable bonds is 3. The monoisotopic (exact) mass is 281 g/mol. The van der Waals surface area contributed by atoms with Crippen LogP contribution in [0.5, 0.6) is 0 Å². The van der Waals surface area contributed by atoms with Gasteiger partial charge in [0, 0.05) is 37.9 Å². The van der Waals surface area contributed by atoms with E-state index >= 15 is 0 Å². The summed E-state index contributed by atoms with van der Waals surface area (Å²) in [5.41, 5.74) is 0.241. The molecule has 19 heavy (non-hydrogen) atoms. The number of hydrogen-bond acceptors (Lipinski definition) is 5. The van der Waals surface area contributed by atoms with E-state index in [1.807, 2.05) is 17.3 Å². The van der Waals surface area contributed by atoms with Crippen LogP contribution in [-0.4, -0.2) is 46.8 Å². The van der Waals surface area contributed by atoms with E-state index < -0.39 is 5.97 Å².